The van der Waals surface area contributed by atoms with Gasteiger partial charge in [0.2, 0.25) is 6.04 Å². The van der Waals surface area contributed by atoms with Crippen LogP contribution in [0.5, 0.6) is 0 Å². The van der Waals surface area contributed by atoms with Crippen molar-refractivity contribution >= 4 is 0 Å². The third kappa shape index (κ3) is 3.14. The van der Waals surface area contributed by atoms with Gasteiger partial charge in [0.1, 0.15) is 5.82 Å². The Bertz CT molecular complexity index is 645. The van der Waals surface area contributed by atoms with Gasteiger partial charge in [-0.25, -0.2) is 4.39 Å². The van der Waals surface area contributed by atoms with Crippen LogP contribution < -0.4 is 0 Å². The second-order valence-corrected chi connectivity index (χ2v) is 5.69. The molecule has 1 aliphatic heterocycles. The Balaban J connectivity index is 1.77. The summed E-state index contributed by atoms with van der Waals surface area (Å²) in [6.07, 6.45) is 0. The van der Waals surface area contributed by atoms with E-state index in [1.54, 1.807) is 12.1 Å². The summed E-state index contributed by atoms with van der Waals surface area (Å²) in [6.45, 7) is 1.74. The Labute approximate surface area is 128 Å². The van der Waals surface area contributed by atoms with E-state index < -0.39 is 6.04 Å². The molecule has 2 unspecified atom stereocenters. The molecule has 0 aliphatic carbocycles. The van der Waals surface area contributed by atoms with Crippen LogP contribution in [-0.4, -0.2) is 29.0 Å². The van der Waals surface area contributed by atoms with Crippen molar-refractivity contribution in [2.75, 3.05) is 13.1 Å². The number of likely N-dealkylation sites (tertiary alicyclic amines) is 1. The van der Waals surface area contributed by atoms with Crippen molar-refractivity contribution in [3.05, 3.63) is 81.7 Å². The van der Waals surface area contributed by atoms with Crippen LogP contribution in [0.1, 0.15) is 17.0 Å². The van der Waals surface area contributed by atoms with E-state index in [0.717, 1.165) is 11.1 Å². The molecule has 0 aromatic heterocycles. The number of benzene rings is 2. The quantitative estimate of drug-likeness (QED) is 0.644. The SMILES string of the molecule is O=[N+]([O-])C1CN(Cc2ccccc2)CC1c1ccc(F)cc1. The minimum atomic E-state index is -0.644. The lowest BCUT2D eigenvalue weighted by atomic mass is 9.95. The van der Waals surface area contributed by atoms with E-state index in [-0.39, 0.29) is 16.7 Å². The second-order valence-electron chi connectivity index (χ2n) is 5.69. The molecule has 0 spiro atoms. The fourth-order valence-corrected chi connectivity index (χ4v) is 3.09. The highest BCUT2D eigenvalue weighted by molar-refractivity contribution is 5.24. The smallest absolute Gasteiger partial charge is 0.233 e. The van der Waals surface area contributed by atoms with E-state index >= 15 is 0 Å². The average Bonchev–Trinajstić information content (AvgIpc) is 2.93. The molecule has 0 saturated carbocycles. The lowest BCUT2D eigenvalue weighted by molar-refractivity contribution is -0.521. The summed E-state index contributed by atoms with van der Waals surface area (Å²) in [5.41, 5.74) is 1.98. The van der Waals surface area contributed by atoms with E-state index in [1.165, 1.54) is 12.1 Å². The second kappa shape index (κ2) is 6.23. The molecule has 22 heavy (non-hydrogen) atoms. The largest absolute Gasteiger partial charge is 0.292 e. The van der Waals surface area contributed by atoms with E-state index in [9.17, 15) is 14.5 Å². The van der Waals surface area contributed by atoms with Gasteiger partial charge < -0.3 is 0 Å². The van der Waals surface area contributed by atoms with Gasteiger partial charge in [-0.05, 0) is 23.3 Å². The molecule has 2 aromatic carbocycles. The van der Waals surface area contributed by atoms with Gasteiger partial charge in [-0.3, -0.25) is 15.0 Å². The molecule has 0 N–H and O–H groups in total. The van der Waals surface area contributed by atoms with Crippen LogP contribution in [0.4, 0.5) is 4.39 Å². The number of hydrogen-bond donors (Lipinski definition) is 0. The molecule has 2 atom stereocenters. The Kier molecular flexibility index (Phi) is 4.15. The fraction of sp³-hybridized carbons (Fsp3) is 0.294. The van der Waals surface area contributed by atoms with E-state index in [4.69, 9.17) is 0 Å². The summed E-state index contributed by atoms with van der Waals surface area (Å²) >= 11 is 0. The first-order valence-corrected chi connectivity index (χ1v) is 7.29. The van der Waals surface area contributed by atoms with Gasteiger partial charge in [-0.2, -0.15) is 0 Å². The molecule has 1 saturated heterocycles. The Morgan fingerprint density at radius 2 is 1.77 bits per heavy atom. The summed E-state index contributed by atoms with van der Waals surface area (Å²) < 4.78 is 13.0. The zero-order valence-corrected chi connectivity index (χ0v) is 12.1. The lowest BCUT2D eigenvalue weighted by Gasteiger charge is -2.15. The number of nitrogens with zero attached hydrogens (tertiary/aromatic N) is 2. The summed E-state index contributed by atoms with van der Waals surface area (Å²) in [5.74, 6) is -0.514. The first-order chi connectivity index (χ1) is 10.6. The highest BCUT2D eigenvalue weighted by atomic mass is 19.1. The van der Waals surface area contributed by atoms with Gasteiger partial charge in [0.25, 0.3) is 0 Å². The minimum Gasteiger partial charge on any atom is -0.292 e. The fourth-order valence-electron chi connectivity index (χ4n) is 3.09. The molecule has 1 heterocycles. The van der Waals surface area contributed by atoms with E-state index in [1.807, 2.05) is 30.3 Å². The maximum Gasteiger partial charge on any atom is 0.233 e. The Hall–Kier alpha value is -2.27. The maximum absolute atomic E-state index is 13.0. The summed E-state index contributed by atoms with van der Waals surface area (Å²) in [6, 6.07) is 15.3. The monoisotopic (exact) mass is 300 g/mol. The third-order valence-corrected chi connectivity index (χ3v) is 4.18. The molecule has 114 valence electrons. The summed E-state index contributed by atoms with van der Waals surface area (Å²) in [7, 11) is 0. The predicted octanol–water partition coefficient (Wildman–Crippen LogP) is 3.07. The molecule has 2 aromatic rings. The molecule has 0 amide bonds. The number of nitro groups is 1. The summed E-state index contributed by atoms with van der Waals surface area (Å²) in [5, 5.41) is 11.4. The predicted molar refractivity (Wildman–Crippen MR) is 81.6 cm³/mol. The van der Waals surface area contributed by atoms with Crippen molar-refractivity contribution < 1.29 is 9.31 Å². The topological polar surface area (TPSA) is 46.4 Å². The number of hydrogen-bond acceptors (Lipinski definition) is 3. The van der Waals surface area contributed by atoms with Gasteiger partial charge in [0.15, 0.2) is 0 Å². The van der Waals surface area contributed by atoms with Crippen LogP contribution in [0.2, 0.25) is 0 Å². The highest BCUT2D eigenvalue weighted by Gasteiger charge is 2.41. The highest BCUT2D eigenvalue weighted by Crippen LogP contribution is 2.30. The van der Waals surface area contributed by atoms with Crippen LogP contribution >= 0.6 is 0 Å². The lowest BCUT2D eigenvalue weighted by Crippen LogP contribution is -2.28. The normalized spacial score (nSPS) is 21.9. The molecule has 3 rings (SSSR count). The van der Waals surface area contributed by atoms with Crippen molar-refractivity contribution in [1.29, 1.82) is 0 Å². The van der Waals surface area contributed by atoms with E-state index in [2.05, 4.69) is 4.90 Å². The molecule has 5 heteroatoms. The molecular weight excluding hydrogens is 283 g/mol. The summed E-state index contributed by atoms with van der Waals surface area (Å²) in [4.78, 5) is 13.2. The van der Waals surface area contributed by atoms with Gasteiger partial charge in [-0.15, -0.1) is 0 Å². The van der Waals surface area contributed by atoms with Crippen LogP contribution in [0, 0.1) is 15.9 Å². The molecule has 4 nitrogen and oxygen atoms in total. The number of rotatable bonds is 4. The minimum absolute atomic E-state index is 0.195. The molecule has 0 radical (unpaired) electrons. The van der Waals surface area contributed by atoms with Gasteiger partial charge in [0, 0.05) is 18.0 Å². The first-order valence-electron chi connectivity index (χ1n) is 7.29. The molecule has 1 fully saturated rings. The van der Waals surface area contributed by atoms with Crippen molar-refractivity contribution in [3.8, 4) is 0 Å². The first kappa shape index (κ1) is 14.7. The average molecular weight is 300 g/mol. The third-order valence-electron chi connectivity index (χ3n) is 4.18. The Morgan fingerprint density at radius 3 is 2.41 bits per heavy atom. The molecule has 1 aliphatic rings. The van der Waals surface area contributed by atoms with Crippen LogP contribution in [-0.2, 0) is 6.54 Å². The standard InChI is InChI=1S/C17H17FN2O2/c18-15-8-6-14(7-9-15)16-11-19(12-17(16)20(21)22)10-13-4-2-1-3-5-13/h1-9,16-17H,10-12H2. The van der Waals surface area contributed by atoms with Gasteiger partial charge in [-0.1, -0.05) is 42.5 Å². The zero-order valence-electron chi connectivity index (χ0n) is 12.1. The van der Waals surface area contributed by atoms with Crippen molar-refractivity contribution in [2.24, 2.45) is 0 Å². The van der Waals surface area contributed by atoms with Gasteiger partial charge >= 0.3 is 0 Å². The van der Waals surface area contributed by atoms with Crippen molar-refractivity contribution in [2.45, 2.75) is 18.5 Å². The van der Waals surface area contributed by atoms with E-state index in [0.29, 0.717) is 19.6 Å². The van der Waals surface area contributed by atoms with Gasteiger partial charge in [0.05, 0.1) is 12.5 Å². The van der Waals surface area contributed by atoms with Crippen molar-refractivity contribution in [3.63, 3.8) is 0 Å². The molecule has 0 bridgehead atoms. The van der Waals surface area contributed by atoms with Crippen LogP contribution in [0.3, 0.4) is 0 Å². The Morgan fingerprint density at radius 1 is 1.09 bits per heavy atom. The van der Waals surface area contributed by atoms with Crippen LogP contribution in [0.25, 0.3) is 0 Å². The molecular formula is C17H17FN2O2. The number of halogens is 1. The van der Waals surface area contributed by atoms with Crippen molar-refractivity contribution in [1.82, 2.24) is 4.90 Å². The maximum atomic E-state index is 13.0. The van der Waals surface area contributed by atoms with Crippen LogP contribution in [0.15, 0.2) is 54.6 Å². The zero-order chi connectivity index (χ0) is 15.5.